The van der Waals surface area contributed by atoms with E-state index in [0.717, 1.165) is 0 Å². The van der Waals surface area contributed by atoms with Gasteiger partial charge < -0.3 is 24.3 Å². The van der Waals surface area contributed by atoms with E-state index in [0.29, 0.717) is 30.5 Å². The maximum atomic E-state index is 12.9. The van der Waals surface area contributed by atoms with E-state index in [1.165, 1.54) is 27.2 Å². The van der Waals surface area contributed by atoms with Gasteiger partial charge in [0, 0.05) is 6.07 Å². The molecule has 33 heavy (non-hydrogen) atoms. The molecule has 0 fully saturated rings. The molecule has 0 spiro atoms. The Morgan fingerprint density at radius 3 is 2.21 bits per heavy atom. The van der Waals surface area contributed by atoms with Crippen LogP contribution in [0.15, 0.2) is 34.5 Å². The SMILES string of the molecule is CCOc1cc(OCC)c(NC(=O)C(N=Nc2c(OC)ccc(Cl)c2OC)C(C)=O)cc1Cl. The Morgan fingerprint density at radius 2 is 1.64 bits per heavy atom. The molecule has 9 nitrogen and oxygen atoms in total. The molecule has 2 rings (SSSR count). The first-order valence-corrected chi connectivity index (χ1v) is 10.7. The highest BCUT2D eigenvalue weighted by atomic mass is 35.5. The molecule has 1 amide bonds. The van der Waals surface area contributed by atoms with Gasteiger partial charge in [-0.05, 0) is 39.0 Å². The van der Waals surface area contributed by atoms with E-state index < -0.39 is 17.7 Å². The smallest absolute Gasteiger partial charge is 0.258 e. The number of hydrogen-bond donors (Lipinski definition) is 1. The van der Waals surface area contributed by atoms with Crippen molar-refractivity contribution in [2.75, 3.05) is 32.8 Å². The molecule has 0 bridgehead atoms. The van der Waals surface area contributed by atoms with Crippen LogP contribution < -0.4 is 24.3 Å². The standard InChI is InChI=1S/C22H25Cl2N3O6/c1-6-32-17-11-18(33-7-2)15(10-14(17)24)25-22(29)19(12(3)28)26-27-20-16(30-4)9-8-13(23)21(20)31-5/h8-11,19H,6-7H2,1-5H3,(H,25,29). The van der Waals surface area contributed by atoms with E-state index in [2.05, 4.69) is 15.5 Å². The van der Waals surface area contributed by atoms with Gasteiger partial charge in [-0.3, -0.25) is 9.59 Å². The highest BCUT2D eigenvalue weighted by Gasteiger charge is 2.26. The Hall–Kier alpha value is -3.04. The molecule has 0 aromatic heterocycles. The molecule has 1 unspecified atom stereocenters. The number of nitrogens with zero attached hydrogens (tertiary/aromatic N) is 2. The highest BCUT2D eigenvalue weighted by Crippen LogP contribution is 2.43. The van der Waals surface area contributed by atoms with Gasteiger partial charge in [0.25, 0.3) is 5.91 Å². The number of benzene rings is 2. The van der Waals surface area contributed by atoms with Crippen molar-refractivity contribution < 1.29 is 28.5 Å². The molecule has 0 aliphatic heterocycles. The number of azo groups is 1. The van der Waals surface area contributed by atoms with E-state index in [-0.39, 0.29) is 27.2 Å². The average Bonchev–Trinajstić information content (AvgIpc) is 2.77. The van der Waals surface area contributed by atoms with Crippen LogP contribution in [0.2, 0.25) is 10.0 Å². The second kappa shape index (κ2) is 12.3. The molecule has 1 N–H and O–H groups in total. The number of ketones is 1. The Kier molecular flexibility index (Phi) is 9.74. The van der Waals surface area contributed by atoms with Crippen LogP contribution in [-0.4, -0.2) is 45.2 Å². The fraction of sp³-hybridized carbons (Fsp3) is 0.364. The maximum absolute atomic E-state index is 12.9. The molecule has 178 valence electrons. The van der Waals surface area contributed by atoms with Gasteiger partial charge in [0.05, 0.1) is 43.2 Å². The van der Waals surface area contributed by atoms with Crippen LogP contribution in [0.1, 0.15) is 20.8 Å². The molecule has 11 heteroatoms. The first-order chi connectivity index (χ1) is 15.8. The van der Waals surface area contributed by atoms with Gasteiger partial charge in [0.1, 0.15) is 17.2 Å². The lowest BCUT2D eigenvalue weighted by Gasteiger charge is -2.16. The number of nitrogens with one attached hydrogen (secondary N) is 1. The number of carbonyl (C=O) groups excluding carboxylic acids is 2. The molecule has 2 aromatic carbocycles. The Morgan fingerprint density at radius 1 is 0.970 bits per heavy atom. The van der Waals surface area contributed by atoms with Crippen molar-refractivity contribution in [2.45, 2.75) is 26.8 Å². The Labute approximate surface area is 202 Å². The van der Waals surface area contributed by atoms with E-state index in [1.807, 2.05) is 6.92 Å². The molecule has 0 aliphatic rings. The average molecular weight is 498 g/mol. The molecule has 0 aliphatic carbocycles. The Bertz CT molecular complexity index is 1050. The third-order valence-corrected chi connectivity index (χ3v) is 4.86. The van der Waals surface area contributed by atoms with Gasteiger partial charge in [-0.25, -0.2) is 0 Å². The summed E-state index contributed by atoms with van der Waals surface area (Å²) in [5.41, 5.74) is 0.403. The number of anilines is 1. The largest absolute Gasteiger partial charge is 0.494 e. The summed E-state index contributed by atoms with van der Waals surface area (Å²) in [6.45, 7) is 5.57. The lowest BCUT2D eigenvalue weighted by Crippen LogP contribution is -2.32. The molecule has 0 radical (unpaired) electrons. The predicted molar refractivity (Wildman–Crippen MR) is 126 cm³/mol. The van der Waals surface area contributed by atoms with Crippen LogP contribution in [-0.2, 0) is 9.59 Å². The van der Waals surface area contributed by atoms with Crippen LogP contribution in [0.4, 0.5) is 11.4 Å². The minimum atomic E-state index is -1.46. The van der Waals surface area contributed by atoms with Crippen LogP contribution in [0, 0.1) is 0 Å². The summed E-state index contributed by atoms with van der Waals surface area (Å²) in [6.07, 6.45) is 0. The number of halogens is 2. The zero-order valence-electron chi connectivity index (χ0n) is 18.9. The van der Waals surface area contributed by atoms with E-state index in [1.54, 1.807) is 25.1 Å². The summed E-state index contributed by atoms with van der Waals surface area (Å²) in [5.74, 6) is -0.0303. The summed E-state index contributed by atoms with van der Waals surface area (Å²) in [4.78, 5) is 25.1. The monoisotopic (exact) mass is 497 g/mol. The zero-order valence-corrected chi connectivity index (χ0v) is 20.4. The van der Waals surface area contributed by atoms with E-state index >= 15 is 0 Å². The third kappa shape index (κ3) is 6.49. The number of methoxy groups -OCH3 is 2. The van der Waals surface area contributed by atoms with Crippen molar-refractivity contribution >= 4 is 46.3 Å². The normalized spacial score (nSPS) is 11.7. The third-order valence-electron chi connectivity index (χ3n) is 4.27. The topological polar surface area (TPSA) is 108 Å². The van der Waals surface area contributed by atoms with Gasteiger partial charge in [-0.15, -0.1) is 5.11 Å². The number of ether oxygens (including phenoxy) is 4. The summed E-state index contributed by atoms with van der Waals surface area (Å²) in [6, 6.07) is 4.72. The predicted octanol–water partition coefficient (Wildman–Crippen LogP) is 5.49. The molecule has 0 saturated heterocycles. The fourth-order valence-electron chi connectivity index (χ4n) is 2.79. The minimum absolute atomic E-state index is 0.144. The van der Waals surface area contributed by atoms with Crippen LogP contribution in [0.3, 0.4) is 0 Å². The van der Waals surface area contributed by atoms with Crippen molar-refractivity contribution in [3.8, 4) is 23.0 Å². The summed E-state index contributed by atoms with van der Waals surface area (Å²) >= 11 is 12.4. The molecule has 0 heterocycles. The lowest BCUT2D eigenvalue weighted by atomic mass is 10.2. The summed E-state index contributed by atoms with van der Waals surface area (Å²) < 4.78 is 21.6. The zero-order chi connectivity index (χ0) is 24.5. The number of amides is 1. The van der Waals surface area contributed by atoms with Crippen LogP contribution >= 0.6 is 23.2 Å². The van der Waals surface area contributed by atoms with Gasteiger partial charge >= 0.3 is 0 Å². The van der Waals surface area contributed by atoms with Crippen LogP contribution in [0.5, 0.6) is 23.0 Å². The van der Waals surface area contributed by atoms with Crippen LogP contribution in [0.25, 0.3) is 0 Å². The second-order valence-electron chi connectivity index (χ2n) is 6.49. The van der Waals surface area contributed by atoms with Gasteiger partial charge in [-0.2, -0.15) is 5.11 Å². The first kappa shape index (κ1) is 26.2. The number of rotatable bonds is 11. The number of hydrogen-bond acceptors (Lipinski definition) is 8. The van der Waals surface area contributed by atoms with Gasteiger partial charge in [0.15, 0.2) is 17.2 Å². The summed E-state index contributed by atoms with van der Waals surface area (Å²) in [7, 11) is 2.83. The van der Waals surface area contributed by atoms with Crippen molar-refractivity contribution in [1.82, 2.24) is 0 Å². The number of carbonyl (C=O) groups is 2. The van der Waals surface area contributed by atoms with Gasteiger partial charge in [0.2, 0.25) is 6.04 Å². The maximum Gasteiger partial charge on any atom is 0.258 e. The molecular formula is C22H25Cl2N3O6. The lowest BCUT2D eigenvalue weighted by molar-refractivity contribution is -0.126. The number of Topliss-reactive ketones (excluding diaryl/α,β-unsaturated/α-hetero) is 1. The van der Waals surface area contributed by atoms with Crippen molar-refractivity contribution in [3.05, 3.63) is 34.3 Å². The minimum Gasteiger partial charge on any atom is -0.494 e. The quantitative estimate of drug-likeness (QED) is 0.324. The van der Waals surface area contributed by atoms with Crippen molar-refractivity contribution in [3.63, 3.8) is 0 Å². The molecular weight excluding hydrogens is 473 g/mol. The fourth-order valence-corrected chi connectivity index (χ4v) is 3.24. The molecule has 2 aromatic rings. The molecule has 1 atom stereocenters. The second-order valence-corrected chi connectivity index (χ2v) is 7.31. The molecule has 0 saturated carbocycles. The van der Waals surface area contributed by atoms with E-state index in [4.69, 9.17) is 42.1 Å². The highest BCUT2D eigenvalue weighted by molar-refractivity contribution is 6.33. The van der Waals surface area contributed by atoms with Crippen molar-refractivity contribution in [2.24, 2.45) is 10.2 Å². The van der Waals surface area contributed by atoms with Gasteiger partial charge in [-0.1, -0.05) is 23.2 Å². The van der Waals surface area contributed by atoms with Crippen molar-refractivity contribution in [1.29, 1.82) is 0 Å². The first-order valence-electron chi connectivity index (χ1n) is 9.99. The summed E-state index contributed by atoms with van der Waals surface area (Å²) in [5, 5.41) is 11.1. The van der Waals surface area contributed by atoms with E-state index in [9.17, 15) is 9.59 Å². The Balaban J connectivity index is 2.39.